The van der Waals surface area contributed by atoms with Crippen LogP contribution in [0.2, 0.25) is 0 Å². The molecule has 1 N–H and O–H groups in total. The number of piperidine rings is 1. The molecule has 0 spiro atoms. The second-order valence-electron chi connectivity index (χ2n) is 7.16. The summed E-state index contributed by atoms with van der Waals surface area (Å²) in [6.07, 6.45) is 4.08. The number of hydrogen-bond acceptors (Lipinski definition) is 6. The molecule has 1 fully saturated rings. The first-order valence-electron chi connectivity index (χ1n) is 9.56. The van der Waals surface area contributed by atoms with Gasteiger partial charge in [-0.1, -0.05) is 42.4 Å². The Hall–Kier alpha value is -3.22. The lowest BCUT2D eigenvalue weighted by Gasteiger charge is -2.31. The van der Waals surface area contributed by atoms with Crippen LogP contribution < -0.4 is 10.2 Å². The van der Waals surface area contributed by atoms with Crippen molar-refractivity contribution < 1.29 is 9.32 Å². The van der Waals surface area contributed by atoms with E-state index in [1.54, 1.807) is 6.20 Å². The molecule has 1 aromatic carbocycles. The van der Waals surface area contributed by atoms with Crippen LogP contribution in [0.25, 0.3) is 11.4 Å². The molecule has 28 heavy (non-hydrogen) atoms. The lowest BCUT2D eigenvalue weighted by Crippen LogP contribution is -2.33. The summed E-state index contributed by atoms with van der Waals surface area (Å²) < 4.78 is 5.16. The third-order valence-corrected chi connectivity index (χ3v) is 5.03. The molecule has 0 atom stereocenters. The van der Waals surface area contributed by atoms with E-state index in [0.29, 0.717) is 12.4 Å². The highest BCUT2D eigenvalue weighted by Crippen LogP contribution is 2.24. The van der Waals surface area contributed by atoms with Crippen molar-refractivity contribution in [3.05, 3.63) is 60.1 Å². The molecule has 1 aliphatic rings. The molecular weight excluding hydrogens is 354 g/mol. The van der Waals surface area contributed by atoms with Gasteiger partial charge in [-0.05, 0) is 36.5 Å². The zero-order valence-corrected chi connectivity index (χ0v) is 15.8. The van der Waals surface area contributed by atoms with Gasteiger partial charge in [0, 0.05) is 31.4 Å². The van der Waals surface area contributed by atoms with E-state index in [0.717, 1.165) is 36.0 Å². The Morgan fingerprint density at radius 2 is 2.00 bits per heavy atom. The zero-order valence-electron chi connectivity index (χ0n) is 15.8. The predicted octanol–water partition coefficient (Wildman–Crippen LogP) is 3.30. The second-order valence-corrected chi connectivity index (χ2v) is 7.16. The molecule has 1 amide bonds. The normalized spacial score (nSPS) is 14.8. The van der Waals surface area contributed by atoms with Crippen LogP contribution in [0.4, 0.5) is 5.82 Å². The fourth-order valence-corrected chi connectivity index (χ4v) is 3.25. The monoisotopic (exact) mass is 377 g/mol. The smallest absolute Gasteiger partial charge is 0.316 e. The Morgan fingerprint density at radius 1 is 1.21 bits per heavy atom. The van der Waals surface area contributed by atoms with E-state index in [2.05, 4.69) is 32.3 Å². The molecule has 0 bridgehead atoms. The summed E-state index contributed by atoms with van der Waals surface area (Å²) in [5, 5.41) is 6.76. The van der Waals surface area contributed by atoms with Gasteiger partial charge >= 0.3 is 11.8 Å². The van der Waals surface area contributed by atoms with Gasteiger partial charge in [0.1, 0.15) is 5.82 Å². The minimum Gasteiger partial charge on any atom is -0.357 e. The molecule has 0 aliphatic carbocycles. The number of hydrogen-bond donors (Lipinski definition) is 1. The molecule has 1 aliphatic heterocycles. The van der Waals surface area contributed by atoms with Crippen molar-refractivity contribution in [2.24, 2.45) is 5.92 Å². The number of aromatic nitrogens is 3. The number of anilines is 1. The maximum absolute atomic E-state index is 12.3. The van der Waals surface area contributed by atoms with Gasteiger partial charge in [-0.2, -0.15) is 4.98 Å². The van der Waals surface area contributed by atoms with Crippen molar-refractivity contribution in [3.63, 3.8) is 0 Å². The average Bonchev–Trinajstić information content (AvgIpc) is 3.24. The lowest BCUT2D eigenvalue weighted by molar-refractivity contribution is 0.0907. The largest absolute Gasteiger partial charge is 0.357 e. The van der Waals surface area contributed by atoms with Gasteiger partial charge in [-0.15, -0.1) is 0 Å². The number of carbonyl (C=O) groups excluding carboxylic acids is 1. The SMILES string of the molecule is CC1CCN(c2cc(-c3noc(C(=O)NCc4ccccc4)n3)ccn2)CC1. The number of pyridine rings is 1. The Kier molecular flexibility index (Phi) is 5.32. The van der Waals surface area contributed by atoms with Crippen LogP contribution in [0, 0.1) is 5.92 Å². The Balaban J connectivity index is 1.43. The summed E-state index contributed by atoms with van der Waals surface area (Å²) in [6, 6.07) is 13.5. The van der Waals surface area contributed by atoms with Gasteiger partial charge in [0.05, 0.1) is 0 Å². The summed E-state index contributed by atoms with van der Waals surface area (Å²) in [7, 11) is 0. The van der Waals surface area contributed by atoms with Crippen molar-refractivity contribution in [1.29, 1.82) is 0 Å². The van der Waals surface area contributed by atoms with Crippen LogP contribution in [0.3, 0.4) is 0 Å². The molecular formula is C21H23N5O2. The molecule has 3 aromatic rings. The summed E-state index contributed by atoms with van der Waals surface area (Å²) in [5.41, 5.74) is 1.79. The molecule has 0 saturated carbocycles. The van der Waals surface area contributed by atoms with Crippen molar-refractivity contribution in [1.82, 2.24) is 20.4 Å². The van der Waals surface area contributed by atoms with Crippen molar-refractivity contribution in [2.45, 2.75) is 26.3 Å². The highest BCUT2D eigenvalue weighted by Gasteiger charge is 2.19. The van der Waals surface area contributed by atoms with E-state index < -0.39 is 0 Å². The van der Waals surface area contributed by atoms with Crippen LogP contribution in [-0.2, 0) is 6.54 Å². The minimum absolute atomic E-state index is 0.0453. The molecule has 3 heterocycles. The van der Waals surface area contributed by atoms with Crippen molar-refractivity contribution >= 4 is 11.7 Å². The van der Waals surface area contributed by atoms with Crippen LogP contribution in [0.5, 0.6) is 0 Å². The molecule has 1 saturated heterocycles. The summed E-state index contributed by atoms with van der Waals surface area (Å²) in [4.78, 5) is 23.3. The summed E-state index contributed by atoms with van der Waals surface area (Å²) >= 11 is 0. The van der Waals surface area contributed by atoms with Crippen LogP contribution in [0.15, 0.2) is 53.2 Å². The van der Waals surface area contributed by atoms with Crippen LogP contribution in [-0.4, -0.2) is 34.1 Å². The molecule has 4 rings (SSSR count). The standard InChI is InChI=1S/C21H23N5O2/c1-15-8-11-26(12-9-15)18-13-17(7-10-22-18)19-24-21(28-25-19)20(27)23-14-16-5-3-2-4-6-16/h2-7,10,13,15H,8-9,11-12,14H2,1H3,(H,23,27). The van der Waals surface area contributed by atoms with Gasteiger partial charge in [0.2, 0.25) is 5.82 Å². The van der Waals surface area contributed by atoms with Crippen molar-refractivity contribution in [2.75, 3.05) is 18.0 Å². The number of amides is 1. The maximum atomic E-state index is 12.3. The average molecular weight is 377 g/mol. The first-order valence-corrected chi connectivity index (χ1v) is 9.56. The third-order valence-electron chi connectivity index (χ3n) is 5.03. The van der Waals surface area contributed by atoms with E-state index in [-0.39, 0.29) is 11.8 Å². The van der Waals surface area contributed by atoms with Crippen molar-refractivity contribution in [3.8, 4) is 11.4 Å². The van der Waals surface area contributed by atoms with Gasteiger partial charge in [0.25, 0.3) is 0 Å². The fourth-order valence-electron chi connectivity index (χ4n) is 3.25. The topological polar surface area (TPSA) is 84.2 Å². The van der Waals surface area contributed by atoms with Crippen LogP contribution >= 0.6 is 0 Å². The summed E-state index contributed by atoms with van der Waals surface area (Å²) in [5.74, 6) is 1.62. The van der Waals surface area contributed by atoms with E-state index in [9.17, 15) is 4.79 Å². The first kappa shape index (κ1) is 18.2. The number of benzene rings is 1. The number of carbonyl (C=O) groups is 1. The molecule has 2 aromatic heterocycles. The predicted molar refractivity (Wildman–Crippen MR) is 106 cm³/mol. The highest BCUT2D eigenvalue weighted by atomic mass is 16.5. The van der Waals surface area contributed by atoms with E-state index >= 15 is 0 Å². The maximum Gasteiger partial charge on any atom is 0.316 e. The fraction of sp³-hybridized carbons (Fsp3) is 0.333. The molecule has 0 radical (unpaired) electrons. The van der Waals surface area contributed by atoms with Gasteiger partial charge in [-0.3, -0.25) is 4.79 Å². The van der Waals surface area contributed by atoms with Gasteiger partial charge in [-0.25, -0.2) is 4.98 Å². The van der Waals surface area contributed by atoms with E-state index in [4.69, 9.17) is 4.52 Å². The third kappa shape index (κ3) is 4.19. The molecule has 0 unspecified atom stereocenters. The molecule has 7 nitrogen and oxygen atoms in total. The summed E-state index contributed by atoms with van der Waals surface area (Å²) in [6.45, 7) is 4.68. The number of nitrogens with one attached hydrogen (secondary N) is 1. The Morgan fingerprint density at radius 3 is 2.79 bits per heavy atom. The first-order chi connectivity index (χ1) is 13.7. The number of rotatable bonds is 5. The molecule has 7 heteroatoms. The molecule has 144 valence electrons. The number of nitrogens with zero attached hydrogens (tertiary/aromatic N) is 4. The quantitative estimate of drug-likeness (QED) is 0.734. The minimum atomic E-state index is -0.387. The lowest BCUT2D eigenvalue weighted by atomic mass is 9.99. The highest BCUT2D eigenvalue weighted by molar-refractivity contribution is 5.89. The zero-order chi connectivity index (χ0) is 19.3. The Labute approximate surface area is 163 Å². The second kappa shape index (κ2) is 8.21. The Bertz CT molecular complexity index is 933. The van der Waals surface area contributed by atoms with E-state index in [1.165, 1.54) is 12.8 Å². The van der Waals surface area contributed by atoms with E-state index in [1.807, 2.05) is 42.5 Å². The van der Waals surface area contributed by atoms with Gasteiger partial charge in [0.15, 0.2) is 0 Å². The van der Waals surface area contributed by atoms with Crippen LogP contribution in [0.1, 0.15) is 36.0 Å². The van der Waals surface area contributed by atoms with Gasteiger partial charge < -0.3 is 14.7 Å².